The molecule has 0 spiro atoms. The molecular weight excluding hydrogens is 211 g/mol. The van der Waals surface area contributed by atoms with Gasteiger partial charge in [0.05, 0.1) is 13.2 Å². The van der Waals surface area contributed by atoms with E-state index in [2.05, 4.69) is 6.58 Å². The van der Waals surface area contributed by atoms with Crippen molar-refractivity contribution in [2.45, 2.75) is 13.3 Å². The van der Waals surface area contributed by atoms with Crippen LogP contribution in [0, 0.1) is 0 Å². The Balaban J connectivity index is 4.01. The van der Waals surface area contributed by atoms with Gasteiger partial charge in [-0.15, -0.1) is 0 Å². The quantitative estimate of drug-likeness (QED) is 0.264. The molecule has 0 aromatic carbocycles. The van der Waals surface area contributed by atoms with Crippen molar-refractivity contribution in [3.05, 3.63) is 36.4 Å². The number of allylic oxidation sites excluding steroid dienone is 4. The topological polar surface area (TPSA) is 27.7 Å². The van der Waals surface area contributed by atoms with Crippen molar-refractivity contribution in [1.29, 1.82) is 0 Å². The van der Waals surface area contributed by atoms with Gasteiger partial charge < -0.3 is 14.2 Å². The third-order valence-electron chi connectivity index (χ3n) is 1.62. The lowest BCUT2D eigenvalue weighted by atomic mass is 10.3. The zero-order valence-corrected chi connectivity index (χ0v) is 9.87. The van der Waals surface area contributed by atoms with E-state index in [1.54, 1.807) is 13.2 Å². The molecular formula is C12H19FO3. The molecule has 0 bridgehead atoms. The summed E-state index contributed by atoms with van der Waals surface area (Å²) < 4.78 is 28.3. The summed E-state index contributed by atoms with van der Waals surface area (Å²) in [5.41, 5.74) is 0. The monoisotopic (exact) mass is 230 g/mol. The van der Waals surface area contributed by atoms with Crippen LogP contribution in [-0.4, -0.2) is 27.1 Å². The van der Waals surface area contributed by atoms with E-state index in [0.29, 0.717) is 19.6 Å². The molecule has 0 unspecified atom stereocenters. The number of hydrogen-bond acceptors (Lipinski definition) is 3. The molecule has 0 atom stereocenters. The zero-order valence-electron chi connectivity index (χ0n) is 9.87. The predicted molar refractivity (Wildman–Crippen MR) is 61.5 cm³/mol. The molecule has 0 rings (SSSR count). The Morgan fingerprint density at radius 1 is 1.38 bits per heavy atom. The first-order valence-corrected chi connectivity index (χ1v) is 5.14. The number of methoxy groups -OCH3 is 1. The standard InChI is InChI=1S/C12H19FO3/c1-4-6-11(13)12(7-5-2)16-10-15-9-8-14-3/h4,6-7H,1,5,8-10H2,2-3H3/b11-6-,12-7-. The van der Waals surface area contributed by atoms with Gasteiger partial charge in [0.15, 0.2) is 18.4 Å². The predicted octanol–water partition coefficient (Wildman–Crippen LogP) is 2.96. The molecule has 0 aliphatic heterocycles. The van der Waals surface area contributed by atoms with Gasteiger partial charge >= 0.3 is 0 Å². The zero-order chi connectivity index (χ0) is 12.2. The van der Waals surface area contributed by atoms with Crippen LogP contribution in [0.5, 0.6) is 0 Å². The smallest absolute Gasteiger partial charge is 0.189 e. The van der Waals surface area contributed by atoms with Gasteiger partial charge in [-0.25, -0.2) is 4.39 Å². The lowest BCUT2D eigenvalue weighted by molar-refractivity contribution is -0.0394. The van der Waals surface area contributed by atoms with Gasteiger partial charge in [-0.3, -0.25) is 0 Å². The van der Waals surface area contributed by atoms with Crippen LogP contribution in [-0.2, 0) is 14.2 Å². The molecule has 0 saturated heterocycles. The summed E-state index contributed by atoms with van der Waals surface area (Å²) in [6.45, 7) is 6.23. The molecule has 0 aromatic heterocycles. The maximum atomic E-state index is 13.3. The molecule has 3 nitrogen and oxygen atoms in total. The largest absolute Gasteiger partial charge is 0.465 e. The summed E-state index contributed by atoms with van der Waals surface area (Å²) >= 11 is 0. The van der Waals surface area contributed by atoms with E-state index in [-0.39, 0.29) is 12.6 Å². The fraction of sp³-hybridized carbons (Fsp3) is 0.500. The van der Waals surface area contributed by atoms with Crippen molar-refractivity contribution < 1.29 is 18.6 Å². The molecule has 16 heavy (non-hydrogen) atoms. The van der Waals surface area contributed by atoms with Crippen LogP contribution in [0.1, 0.15) is 13.3 Å². The lowest BCUT2D eigenvalue weighted by Crippen LogP contribution is -2.06. The van der Waals surface area contributed by atoms with Crippen LogP contribution >= 0.6 is 0 Å². The number of ether oxygens (including phenoxy) is 3. The Kier molecular flexibility index (Phi) is 9.66. The highest BCUT2D eigenvalue weighted by atomic mass is 19.1. The Bertz CT molecular complexity index is 247. The molecule has 0 heterocycles. The first kappa shape index (κ1) is 14.9. The summed E-state index contributed by atoms with van der Waals surface area (Å²) in [5.74, 6) is -0.271. The van der Waals surface area contributed by atoms with Crippen LogP contribution in [0.25, 0.3) is 0 Å². The van der Waals surface area contributed by atoms with Crippen molar-refractivity contribution >= 4 is 0 Å². The van der Waals surface area contributed by atoms with E-state index < -0.39 is 5.83 Å². The molecule has 0 N–H and O–H groups in total. The second kappa shape index (κ2) is 10.4. The van der Waals surface area contributed by atoms with E-state index in [1.165, 1.54) is 12.2 Å². The van der Waals surface area contributed by atoms with E-state index >= 15 is 0 Å². The Morgan fingerprint density at radius 3 is 2.69 bits per heavy atom. The molecule has 0 fully saturated rings. The molecule has 0 radical (unpaired) electrons. The fourth-order valence-electron chi connectivity index (χ4n) is 0.903. The molecule has 0 aromatic rings. The number of halogens is 1. The second-order valence-electron chi connectivity index (χ2n) is 2.89. The van der Waals surface area contributed by atoms with E-state index in [1.807, 2.05) is 6.92 Å². The Labute approximate surface area is 96.2 Å². The number of rotatable bonds is 9. The molecule has 0 aliphatic carbocycles. The van der Waals surface area contributed by atoms with E-state index in [4.69, 9.17) is 14.2 Å². The summed E-state index contributed by atoms with van der Waals surface area (Å²) in [5, 5.41) is 0. The minimum Gasteiger partial charge on any atom is -0.465 e. The first-order chi connectivity index (χ1) is 7.76. The van der Waals surface area contributed by atoms with Crippen LogP contribution < -0.4 is 0 Å². The van der Waals surface area contributed by atoms with Crippen LogP contribution in [0.15, 0.2) is 36.4 Å². The highest BCUT2D eigenvalue weighted by molar-refractivity contribution is 5.22. The highest BCUT2D eigenvalue weighted by Crippen LogP contribution is 2.14. The summed E-state index contributed by atoms with van der Waals surface area (Å²) in [6, 6.07) is 0. The summed E-state index contributed by atoms with van der Waals surface area (Å²) in [6.07, 6.45) is 4.95. The average Bonchev–Trinajstić information content (AvgIpc) is 2.27. The first-order valence-electron chi connectivity index (χ1n) is 5.14. The lowest BCUT2D eigenvalue weighted by Gasteiger charge is -2.09. The Hall–Kier alpha value is -1.13. The Morgan fingerprint density at radius 2 is 2.12 bits per heavy atom. The minimum atomic E-state index is -0.452. The molecule has 0 amide bonds. The highest BCUT2D eigenvalue weighted by Gasteiger charge is 2.03. The van der Waals surface area contributed by atoms with Gasteiger partial charge in [-0.2, -0.15) is 0 Å². The van der Waals surface area contributed by atoms with Crippen molar-refractivity contribution in [2.24, 2.45) is 0 Å². The summed E-state index contributed by atoms with van der Waals surface area (Å²) in [7, 11) is 1.58. The van der Waals surface area contributed by atoms with Crippen LogP contribution in [0.4, 0.5) is 4.39 Å². The van der Waals surface area contributed by atoms with E-state index in [0.717, 1.165) is 0 Å². The van der Waals surface area contributed by atoms with Crippen molar-refractivity contribution in [2.75, 3.05) is 27.1 Å². The summed E-state index contributed by atoms with van der Waals surface area (Å²) in [4.78, 5) is 0. The minimum absolute atomic E-state index is 0.00754. The molecule has 0 saturated carbocycles. The van der Waals surface area contributed by atoms with Gasteiger partial charge in [0.25, 0.3) is 0 Å². The van der Waals surface area contributed by atoms with Gasteiger partial charge in [-0.05, 0) is 18.6 Å². The van der Waals surface area contributed by atoms with Crippen LogP contribution in [0.2, 0.25) is 0 Å². The normalized spacial score (nSPS) is 12.7. The molecule has 4 heteroatoms. The van der Waals surface area contributed by atoms with Gasteiger partial charge in [0.2, 0.25) is 0 Å². The van der Waals surface area contributed by atoms with Gasteiger partial charge in [-0.1, -0.05) is 19.6 Å². The third kappa shape index (κ3) is 7.20. The maximum absolute atomic E-state index is 13.3. The number of hydrogen-bond donors (Lipinski definition) is 0. The third-order valence-corrected chi connectivity index (χ3v) is 1.62. The molecule has 0 aliphatic rings. The maximum Gasteiger partial charge on any atom is 0.189 e. The second-order valence-corrected chi connectivity index (χ2v) is 2.89. The average molecular weight is 230 g/mol. The van der Waals surface area contributed by atoms with Crippen molar-refractivity contribution in [3.8, 4) is 0 Å². The van der Waals surface area contributed by atoms with Crippen molar-refractivity contribution in [3.63, 3.8) is 0 Å². The van der Waals surface area contributed by atoms with Crippen molar-refractivity contribution in [1.82, 2.24) is 0 Å². The van der Waals surface area contributed by atoms with Gasteiger partial charge in [0, 0.05) is 7.11 Å². The van der Waals surface area contributed by atoms with Gasteiger partial charge in [0.1, 0.15) is 0 Å². The SMILES string of the molecule is C=C/C=C(F)/C(=C/CC)OCOCCOC. The fourth-order valence-corrected chi connectivity index (χ4v) is 0.903. The van der Waals surface area contributed by atoms with E-state index in [9.17, 15) is 4.39 Å². The molecule has 92 valence electrons. The van der Waals surface area contributed by atoms with Crippen LogP contribution in [0.3, 0.4) is 0 Å².